The van der Waals surface area contributed by atoms with Gasteiger partial charge in [-0.25, -0.2) is 0 Å². The summed E-state index contributed by atoms with van der Waals surface area (Å²) in [7, 11) is 1.52. The fourth-order valence-corrected chi connectivity index (χ4v) is 4.28. The van der Waals surface area contributed by atoms with Crippen LogP contribution in [0.25, 0.3) is 10.9 Å². The number of anilines is 1. The van der Waals surface area contributed by atoms with E-state index in [4.69, 9.17) is 26.3 Å². The van der Waals surface area contributed by atoms with Crippen LogP contribution in [0.2, 0.25) is 5.02 Å². The van der Waals surface area contributed by atoms with Gasteiger partial charge in [0.05, 0.1) is 23.2 Å². The lowest BCUT2D eigenvalue weighted by Crippen LogP contribution is -2.33. The molecular weight excluding hydrogens is 440 g/mol. The number of ether oxygens (including phenoxy) is 2. The maximum Gasteiger partial charge on any atom is 0.253 e. The Kier molecular flexibility index (Phi) is 7.38. The van der Waals surface area contributed by atoms with Crippen LogP contribution in [-0.4, -0.2) is 43.2 Å². The molecule has 0 aliphatic carbocycles. The van der Waals surface area contributed by atoms with Crippen LogP contribution in [0.3, 0.4) is 0 Å². The number of likely N-dealkylation sites (tertiary alicyclic amines) is 1. The van der Waals surface area contributed by atoms with Crippen LogP contribution < -0.4 is 20.3 Å². The number of pyridine rings is 1. The van der Waals surface area contributed by atoms with Crippen molar-refractivity contribution in [2.75, 3.05) is 38.7 Å². The molecule has 0 bridgehead atoms. The number of nitriles is 1. The van der Waals surface area contributed by atoms with Crippen molar-refractivity contribution in [2.45, 2.75) is 25.8 Å². The van der Waals surface area contributed by atoms with E-state index < -0.39 is 0 Å². The zero-order chi connectivity index (χ0) is 23.2. The number of fused-ring (bicyclic) bond motifs is 1. The first-order chi connectivity index (χ1) is 16.1. The van der Waals surface area contributed by atoms with Gasteiger partial charge in [0, 0.05) is 41.9 Å². The lowest BCUT2D eigenvalue weighted by atomic mass is 10.1. The summed E-state index contributed by atoms with van der Waals surface area (Å²) in [4.78, 5) is 18.0. The smallest absolute Gasteiger partial charge is 0.253 e. The van der Waals surface area contributed by atoms with Gasteiger partial charge >= 0.3 is 0 Å². The van der Waals surface area contributed by atoms with Gasteiger partial charge in [0.15, 0.2) is 0 Å². The molecule has 1 fully saturated rings. The summed E-state index contributed by atoms with van der Waals surface area (Å²) in [6.07, 6.45) is 3.79. The van der Waals surface area contributed by atoms with Gasteiger partial charge in [-0.1, -0.05) is 18.0 Å². The van der Waals surface area contributed by atoms with Crippen molar-refractivity contribution in [2.24, 2.45) is 0 Å². The Bertz CT molecular complexity index is 1230. The van der Waals surface area contributed by atoms with E-state index in [1.165, 1.54) is 26.4 Å². The maximum atomic E-state index is 12.7. The number of nitrogens with one attached hydrogen (secondary N) is 2. The predicted octanol–water partition coefficient (Wildman–Crippen LogP) is 4.54. The summed E-state index contributed by atoms with van der Waals surface area (Å²) in [6.45, 7) is 3.98. The van der Waals surface area contributed by atoms with Crippen LogP contribution in [0.15, 0.2) is 41.2 Å². The number of hydrogen-bond donors (Lipinski definition) is 2. The molecular formula is C25H27ClN4O3. The van der Waals surface area contributed by atoms with Crippen LogP contribution in [-0.2, 0) is 6.54 Å². The number of methoxy groups -OCH3 is 1. The highest BCUT2D eigenvalue weighted by atomic mass is 35.5. The van der Waals surface area contributed by atoms with E-state index in [2.05, 4.69) is 21.3 Å². The minimum absolute atomic E-state index is 0.183. The molecule has 1 aliphatic rings. The molecule has 2 N–H and O–H groups in total. The first kappa shape index (κ1) is 23.0. The molecule has 2 heterocycles. The van der Waals surface area contributed by atoms with Crippen LogP contribution in [0, 0.1) is 11.3 Å². The van der Waals surface area contributed by atoms with E-state index in [-0.39, 0.29) is 5.56 Å². The molecule has 8 heteroatoms. The van der Waals surface area contributed by atoms with Crippen LogP contribution in [0.5, 0.6) is 11.5 Å². The molecule has 0 amide bonds. The maximum absolute atomic E-state index is 12.7. The average Bonchev–Trinajstić information content (AvgIpc) is 2.84. The predicted molar refractivity (Wildman–Crippen MR) is 130 cm³/mol. The molecule has 1 saturated heterocycles. The Balaban J connectivity index is 1.45. The van der Waals surface area contributed by atoms with Crippen molar-refractivity contribution in [1.82, 2.24) is 9.88 Å². The molecule has 3 aromatic rings. The van der Waals surface area contributed by atoms with Gasteiger partial charge in [0.2, 0.25) is 0 Å². The van der Waals surface area contributed by atoms with E-state index in [1.807, 2.05) is 12.1 Å². The lowest BCUT2D eigenvalue weighted by Gasteiger charge is -2.26. The molecule has 1 aromatic heterocycles. The van der Waals surface area contributed by atoms with E-state index in [1.54, 1.807) is 24.3 Å². The second-order valence-electron chi connectivity index (χ2n) is 8.12. The zero-order valence-corrected chi connectivity index (χ0v) is 19.4. The third-order valence-corrected chi connectivity index (χ3v) is 6.19. The number of H-pyrrole nitrogens is 1. The minimum atomic E-state index is -0.183. The van der Waals surface area contributed by atoms with Crippen LogP contribution in [0.1, 0.15) is 30.4 Å². The minimum Gasteiger partial charge on any atom is -0.495 e. The summed E-state index contributed by atoms with van der Waals surface area (Å²) < 4.78 is 11.2. The molecule has 0 atom stereocenters. The van der Waals surface area contributed by atoms with E-state index in [0.29, 0.717) is 46.3 Å². The number of nitrogens with zero attached hydrogens (tertiary/aromatic N) is 2. The Morgan fingerprint density at radius 3 is 2.73 bits per heavy atom. The highest BCUT2D eigenvalue weighted by Crippen LogP contribution is 2.29. The second kappa shape index (κ2) is 10.6. The van der Waals surface area contributed by atoms with Gasteiger partial charge in [0.1, 0.15) is 24.2 Å². The fraction of sp³-hybridized carbons (Fsp3) is 0.360. The third kappa shape index (κ3) is 5.59. The van der Waals surface area contributed by atoms with Crippen molar-refractivity contribution >= 4 is 28.2 Å². The molecule has 33 heavy (non-hydrogen) atoms. The number of benzene rings is 2. The monoisotopic (exact) mass is 466 g/mol. The van der Waals surface area contributed by atoms with Gasteiger partial charge in [0.25, 0.3) is 5.56 Å². The highest BCUT2D eigenvalue weighted by molar-refractivity contribution is 6.32. The van der Waals surface area contributed by atoms with Crippen LogP contribution in [0.4, 0.5) is 5.69 Å². The normalized spacial score (nSPS) is 14.1. The number of piperidine rings is 1. The van der Waals surface area contributed by atoms with Crippen LogP contribution >= 0.6 is 11.6 Å². The highest BCUT2D eigenvalue weighted by Gasteiger charge is 2.12. The Hall–Kier alpha value is -3.21. The fourth-order valence-electron chi connectivity index (χ4n) is 4.05. The second-order valence-corrected chi connectivity index (χ2v) is 8.53. The summed E-state index contributed by atoms with van der Waals surface area (Å²) in [5.74, 6) is 1.06. The Morgan fingerprint density at radius 1 is 1.15 bits per heavy atom. The number of aromatic nitrogens is 1. The Labute approximate surface area is 197 Å². The molecule has 0 unspecified atom stereocenters. The average molecular weight is 467 g/mol. The van der Waals surface area contributed by atoms with Crippen molar-refractivity contribution in [3.8, 4) is 17.6 Å². The topological polar surface area (TPSA) is 90.4 Å². The van der Waals surface area contributed by atoms with E-state index in [0.717, 1.165) is 30.7 Å². The summed E-state index contributed by atoms with van der Waals surface area (Å²) in [6, 6.07) is 12.7. The third-order valence-electron chi connectivity index (χ3n) is 5.89. The largest absolute Gasteiger partial charge is 0.495 e. The van der Waals surface area contributed by atoms with E-state index in [9.17, 15) is 4.79 Å². The first-order valence-electron chi connectivity index (χ1n) is 11.1. The molecule has 0 radical (unpaired) electrons. The molecule has 0 spiro atoms. The number of rotatable bonds is 8. The summed E-state index contributed by atoms with van der Waals surface area (Å²) >= 11 is 6.47. The van der Waals surface area contributed by atoms with Gasteiger partial charge in [-0.2, -0.15) is 5.26 Å². The standard InChI is InChI=1S/C25H27ClN4O3/c1-32-23-13-20(6-5-17(23)15-27)28-16-19-11-18-12-21(26)24(14-22(18)29-25(19)31)33-10-9-30-7-3-2-4-8-30/h5-6,11-14,28H,2-4,7-10,16H2,1H3,(H,29,31). The first-order valence-corrected chi connectivity index (χ1v) is 11.5. The van der Waals surface area contributed by atoms with Gasteiger partial charge in [-0.3, -0.25) is 9.69 Å². The van der Waals surface area contributed by atoms with Gasteiger partial charge < -0.3 is 19.8 Å². The molecule has 2 aromatic carbocycles. The Morgan fingerprint density at radius 2 is 1.97 bits per heavy atom. The molecule has 7 nitrogen and oxygen atoms in total. The number of aromatic amines is 1. The summed E-state index contributed by atoms with van der Waals surface area (Å²) in [5.41, 5.74) is 2.27. The van der Waals surface area contributed by atoms with Gasteiger partial charge in [-0.05, 0) is 50.2 Å². The van der Waals surface area contributed by atoms with Crippen molar-refractivity contribution in [1.29, 1.82) is 5.26 Å². The molecule has 1 aliphatic heterocycles. The molecule has 172 valence electrons. The quantitative estimate of drug-likeness (QED) is 0.506. The lowest BCUT2D eigenvalue weighted by molar-refractivity contribution is 0.183. The summed E-state index contributed by atoms with van der Waals surface area (Å²) in [5, 5.41) is 13.7. The van der Waals surface area contributed by atoms with Crippen molar-refractivity contribution < 1.29 is 9.47 Å². The number of halogens is 1. The number of hydrogen-bond acceptors (Lipinski definition) is 6. The van der Waals surface area contributed by atoms with Crippen molar-refractivity contribution in [3.63, 3.8) is 0 Å². The molecule has 0 saturated carbocycles. The zero-order valence-electron chi connectivity index (χ0n) is 18.6. The van der Waals surface area contributed by atoms with E-state index >= 15 is 0 Å². The van der Waals surface area contributed by atoms with Crippen molar-refractivity contribution in [3.05, 3.63) is 62.9 Å². The van der Waals surface area contributed by atoms with Gasteiger partial charge in [-0.15, -0.1) is 0 Å². The SMILES string of the molecule is COc1cc(NCc2cc3cc(Cl)c(OCCN4CCCCC4)cc3[nH]c2=O)ccc1C#N. The molecule has 4 rings (SSSR count).